The van der Waals surface area contributed by atoms with Crippen LogP contribution in [0.5, 0.6) is 0 Å². The lowest BCUT2D eigenvalue weighted by Crippen LogP contribution is -2.14. The zero-order valence-electron chi connectivity index (χ0n) is 9.99. The predicted molar refractivity (Wildman–Crippen MR) is 66.5 cm³/mol. The van der Waals surface area contributed by atoms with Crippen LogP contribution in [0.15, 0.2) is 30.3 Å². The summed E-state index contributed by atoms with van der Waals surface area (Å²) < 4.78 is 2.06. The van der Waals surface area contributed by atoms with E-state index in [2.05, 4.69) is 28.9 Å². The van der Waals surface area contributed by atoms with Crippen molar-refractivity contribution in [3.05, 3.63) is 47.5 Å². The first-order valence-electron chi connectivity index (χ1n) is 5.59. The molecule has 0 fully saturated rings. The van der Waals surface area contributed by atoms with Crippen LogP contribution in [0.2, 0.25) is 0 Å². The summed E-state index contributed by atoms with van der Waals surface area (Å²) in [5.74, 6) is 1.07. The van der Waals surface area contributed by atoms with Crippen LogP contribution in [0.4, 0.5) is 5.69 Å². The van der Waals surface area contributed by atoms with E-state index in [4.69, 9.17) is 0 Å². The highest BCUT2D eigenvalue weighted by Gasteiger charge is 2.08. The fourth-order valence-electron chi connectivity index (χ4n) is 1.71. The van der Waals surface area contributed by atoms with E-state index in [0.717, 1.165) is 23.6 Å². The van der Waals surface area contributed by atoms with Crippen LogP contribution in [-0.2, 0) is 6.42 Å². The number of nitrogens with zero attached hydrogens (tertiary/aromatic N) is 2. The highest BCUT2D eigenvalue weighted by molar-refractivity contribution is 5.43. The number of nitrogens with one attached hydrogen (secondary N) is 1. The minimum atomic E-state index is 0.925. The van der Waals surface area contributed by atoms with Crippen molar-refractivity contribution in [3.8, 4) is 0 Å². The summed E-state index contributed by atoms with van der Waals surface area (Å²) >= 11 is 0. The Hall–Kier alpha value is -1.77. The van der Waals surface area contributed by atoms with Gasteiger partial charge in [-0.2, -0.15) is 0 Å². The molecule has 84 valence electrons. The van der Waals surface area contributed by atoms with Gasteiger partial charge in [0.15, 0.2) is 0 Å². The largest absolute Gasteiger partial charge is 0.293 e. The summed E-state index contributed by atoms with van der Waals surface area (Å²) in [6.45, 7) is 6.24. The normalized spacial score (nSPS) is 10.4. The third kappa shape index (κ3) is 1.94. The van der Waals surface area contributed by atoms with Gasteiger partial charge in [0.05, 0.1) is 17.1 Å². The summed E-state index contributed by atoms with van der Waals surface area (Å²) in [4.78, 5) is 4.53. The van der Waals surface area contributed by atoms with Crippen LogP contribution in [-0.4, -0.2) is 9.66 Å². The van der Waals surface area contributed by atoms with Crippen molar-refractivity contribution in [3.63, 3.8) is 0 Å². The molecule has 16 heavy (non-hydrogen) atoms. The lowest BCUT2D eigenvalue weighted by Gasteiger charge is -2.12. The fraction of sp³-hybridized carbons (Fsp3) is 0.308. The smallest absolute Gasteiger partial charge is 0.128 e. The molecule has 0 bridgehead atoms. The molecule has 0 radical (unpaired) electrons. The summed E-state index contributed by atoms with van der Waals surface area (Å²) in [7, 11) is 0. The van der Waals surface area contributed by atoms with Crippen molar-refractivity contribution in [1.82, 2.24) is 9.66 Å². The lowest BCUT2D eigenvalue weighted by molar-refractivity contribution is 0.815. The molecule has 0 saturated carbocycles. The summed E-state index contributed by atoms with van der Waals surface area (Å²) in [5, 5.41) is 0. The summed E-state index contributed by atoms with van der Waals surface area (Å²) in [5.41, 5.74) is 6.70. The van der Waals surface area contributed by atoms with Gasteiger partial charge in [0.2, 0.25) is 0 Å². The van der Waals surface area contributed by atoms with Gasteiger partial charge in [-0.1, -0.05) is 25.1 Å². The van der Waals surface area contributed by atoms with Gasteiger partial charge >= 0.3 is 0 Å². The van der Waals surface area contributed by atoms with Gasteiger partial charge in [-0.05, 0) is 26.0 Å². The van der Waals surface area contributed by atoms with Crippen LogP contribution < -0.4 is 5.43 Å². The third-order valence-electron chi connectivity index (χ3n) is 2.74. The topological polar surface area (TPSA) is 29.9 Å². The molecular weight excluding hydrogens is 198 g/mol. The van der Waals surface area contributed by atoms with E-state index in [1.54, 1.807) is 0 Å². The SMILES string of the molecule is CCc1nc(C)c(C)n1Nc1ccccc1. The van der Waals surface area contributed by atoms with Crippen molar-refractivity contribution in [2.45, 2.75) is 27.2 Å². The van der Waals surface area contributed by atoms with E-state index in [1.807, 2.05) is 37.3 Å². The molecule has 0 aliphatic carbocycles. The monoisotopic (exact) mass is 215 g/mol. The molecule has 0 amide bonds. The number of para-hydroxylation sites is 1. The number of hydrogen-bond acceptors (Lipinski definition) is 2. The lowest BCUT2D eigenvalue weighted by atomic mass is 10.3. The molecule has 1 aromatic carbocycles. The van der Waals surface area contributed by atoms with Crippen molar-refractivity contribution in [2.75, 3.05) is 5.43 Å². The van der Waals surface area contributed by atoms with E-state index in [0.29, 0.717) is 0 Å². The van der Waals surface area contributed by atoms with Crippen LogP contribution in [0.3, 0.4) is 0 Å². The molecule has 2 rings (SSSR count). The van der Waals surface area contributed by atoms with E-state index in [1.165, 1.54) is 5.69 Å². The van der Waals surface area contributed by atoms with E-state index >= 15 is 0 Å². The van der Waals surface area contributed by atoms with Crippen LogP contribution >= 0.6 is 0 Å². The molecule has 0 aliphatic rings. The number of benzene rings is 1. The second-order valence-corrected chi connectivity index (χ2v) is 3.87. The van der Waals surface area contributed by atoms with Gasteiger partial charge in [-0.15, -0.1) is 0 Å². The first-order valence-corrected chi connectivity index (χ1v) is 5.59. The van der Waals surface area contributed by atoms with Gasteiger partial charge in [0.25, 0.3) is 0 Å². The molecular formula is C13H17N3. The molecule has 1 aromatic heterocycles. The van der Waals surface area contributed by atoms with Crippen molar-refractivity contribution < 1.29 is 0 Å². The van der Waals surface area contributed by atoms with Crippen molar-refractivity contribution in [2.24, 2.45) is 0 Å². The van der Waals surface area contributed by atoms with E-state index in [9.17, 15) is 0 Å². The van der Waals surface area contributed by atoms with E-state index < -0.39 is 0 Å². The second-order valence-electron chi connectivity index (χ2n) is 3.87. The first kappa shape index (κ1) is 10.7. The molecule has 0 atom stereocenters. The van der Waals surface area contributed by atoms with Crippen LogP contribution in [0.1, 0.15) is 24.1 Å². The van der Waals surface area contributed by atoms with Crippen LogP contribution in [0.25, 0.3) is 0 Å². The predicted octanol–water partition coefficient (Wildman–Crippen LogP) is 2.94. The van der Waals surface area contributed by atoms with Gasteiger partial charge in [-0.25, -0.2) is 9.66 Å². The number of aryl methyl sites for hydroxylation is 2. The Morgan fingerprint density at radius 1 is 1.19 bits per heavy atom. The zero-order chi connectivity index (χ0) is 11.5. The third-order valence-corrected chi connectivity index (χ3v) is 2.74. The minimum Gasteiger partial charge on any atom is -0.293 e. The van der Waals surface area contributed by atoms with Gasteiger partial charge in [0, 0.05) is 6.42 Å². The summed E-state index contributed by atoms with van der Waals surface area (Å²) in [6, 6.07) is 10.2. The summed E-state index contributed by atoms with van der Waals surface area (Å²) in [6.07, 6.45) is 0.925. The van der Waals surface area contributed by atoms with Gasteiger partial charge in [0.1, 0.15) is 5.82 Å². The Morgan fingerprint density at radius 3 is 2.50 bits per heavy atom. The Balaban J connectivity index is 2.34. The molecule has 0 unspecified atom stereocenters. The van der Waals surface area contributed by atoms with Gasteiger partial charge in [-0.3, -0.25) is 5.43 Å². The van der Waals surface area contributed by atoms with Gasteiger partial charge < -0.3 is 0 Å². The molecule has 0 saturated heterocycles. The number of rotatable bonds is 3. The quantitative estimate of drug-likeness (QED) is 0.853. The maximum absolute atomic E-state index is 4.53. The Labute approximate surface area is 96.1 Å². The molecule has 3 nitrogen and oxygen atoms in total. The molecule has 1 heterocycles. The maximum Gasteiger partial charge on any atom is 0.128 e. The highest BCUT2D eigenvalue weighted by Crippen LogP contribution is 2.13. The number of aromatic nitrogens is 2. The average molecular weight is 215 g/mol. The number of anilines is 1. The van der Waals surface area contributed by atoms with Crippen LogP contribution in [0, 0.1) is 13.8 Å². The standard InChI is InChI=1S/C13H17N3/c1-4-13-14-10(2)11(3)16(13)15-12-8-6-5-7-9-12/h5-9,15H,4H2,1-3H3. The fourth-order valence-corrected chi connectivity index (χ4v) is 1.71. The Morgan fingerprint density at radius 2 is 1.88 bits per heavy atom. The second kappa shape index (κ2) is 4.39. The molecule has 2 aromatic rings. The van der Waals surface area contributed by atoms with Crippen molar-refractivity contribution >= 4 is 5.69 Å². The molecule has 0 spiro atoms. The highest BCUT2D eigenvalue weighted by atomic mass is 15.4. The van der Waals surface area contributed by atoms with Crippen molar-refractivity contribution in [1.29, 1.82) is 0 Å². The minimum absolute atomic E-state index is 0.925. The molecule has 1 N–H and O–H groups in total. The zero-order valence-corrected chi connectivity index (χ0v) is 9.99. The first-order chi connectivity index (χ1) is 7.72. The number of imidazole rings is 1. The molecule has 3 heteroatoms. The maximum atomic E-state index is 4.53. The number of hydrogen-bond donors (Lipinski definition) is 1. The van der Waals surface area contributed by atoms with E-state index in [-0.39, 0.29) is 0 Å². The Kier molecular flexibility index (Phi) is 2.95. The molecule has 0 aliphatic heterocycles. The average Bonchev–Trinajstić information content (AvgIpc) is 2.58. The Bertz CT molecular complexity index is 471.